The smallest absolute Gasteiger partial charge is 0.269 e. The third-order valence-corrected chi connectivity index (χ3v) is 2.96. The van der Waals surface area contributed by atoms with E-state index in [1.807, 2.05) is 0 Å². The highest BCUT2D eigenvalue weighted by molar-refractivity contribution is 5.47. The number of nitro benzene ring substituents is 1. The van der Waals surface area contributed by atoms with Gasteiger partial charge in [-0.15, -0.1) is 0 Å². The van der Waals surface area contributed by atoms with E-state index in [2.05, 4.69) is 0 Å². The van der Waals surface area contributed by atoms with Gasteiger partial charge < -0.3 is 10.2 Å². The zero-order valence-corrected chi connectivity index (χ0v) is 10.3. The summed E-state index contributed by atoms with van der Waals surface area (Å²) in [5.74, 6) is 0.0401. The lowest BCUT2D eigenvalue weighted by atomic mass is 9.99. The Kier molecular flexibility index (Phi) is 3.37. The molecule has 0 aliphatic heterocycles. The molecule has 0 atom stereocenters. The van der Waals surface area contributed by atoms with Crippen molar-refractivity contribution in [3.05, 3.63) is 63.2 Å². The summed E-state index contributed by atoms with van der Waals surface area (Å²) in [5, 5.41) is 29.7. The van der Waals surface area contributed by atoms with E-state index >= 15 is 0 Å². The van der Waals surface area contributed by atoms with Crippen molar-refractivity contribution in [3.8, 4) is 11.5 Å². The molecule has 0 saturated carbocycles. The van der Waals surface area contributed by atoms with Gasteiger partial charge in [0, 0.05) is 30.2 Å². The molecule has 2 aromatic carbocycles. The highest BCUT2D eigenvalue weighted by atomic mass is 16.6. The standard InChI is InChI=1S/C14H13NO4/c1-9-6-12(16)8-14(17)13(9)7-10-2-4-11(5-3-10)15(18)19/h2-6,8,16-17H,7H2,1H3. The number of phenols is 2. The molecule has 2 aromatic rings. The minimum Gasteiger partial charge on any atom is -0.508 e. The lowest BCUT2D eigenvalue weighted by molar-refractivity contribution is -0.384. The van der Waals surface area contributed by atoms with Crippen LogP contribution in [0.3, 0.4) is 0 Å². The number of hydrogen-bond donors (Lipinski definition) is 2. The number of nitrogens with zero attached hydrogens (tertiary/aromatic N) is 1. The van der Waals surface area contributed by atoms with E-state index in [-0.39, 0.29) is 17.2 Å². The van der Waals surface area contributed by atoms with Crippen LogP contribution in [0, 0.1) is 17.0 Å². The summed E-state index contributed by atoms with van der Waals surface area (Å²) in [5.41, 5.74) is 2.37. The fraction of sp³-hybridized carbons (Fsp3) is 0.143. The first-order valence-electron chi connectivity index (χ1n) is 5.72. The average molecular weight is 259 g/mol. The zero-order valence-electron chi connectivity index (χ0n) is 10.3. The molecule has 0 heterocycles. The van der Waals surface area contributed by atoms with Gasteiger partial charge in [0.2, 0.25) is 0 Å². The molecule has 0 spiro atoms. The Morgan fingerprint density at radius 1 is 1.16 bits per heavy atom. The van der Waals surface area contributed by atoms with Crippen molar-refractivity contribution in [3.63, 3.8) is 0 Å². The summed E-state index contributed by atoms with van der Waals surface area (Å²) < 4.78 is 0. The molecule has 0 aliphatic rings. The van der Waals surface area contributed by atoms with Crippen LogP contribution in [0.2, 0.25) is 0 Å². The number of aryl methyl sites for hydroxylation is 1. The second kappa shape index (κ2) is 4.97. The van der Waals surface area contributed by atoms with Gasteiger partial charge in [0.1, 0.15) is 11.5 Å². The molecule has 2 rings (SSSR count). The second-order valence-corrected chi connectivity index (χ2v) is 4.36. The van der Waals surface area contributed by atoms with E-state index in [0.717, 1.165) is 11.1 Å². The highest BCUT2D eigenvalue weighted by Gasteiger charge is 2.09. The Hall–Kier alpha value is -2.56. The molecule has 0 aromatic heterocycles. The van der Waals surface area contributed by atoms with Crippen LogP contribution >= 0.6 is 0 Å². The predicted octanol–water partition coefficient (Wildman–Crippen LogP) is 2.91. The molecular formula is C14H13NO4. The van der Waals surface area contributed by atoms with Crippen LogP contribution in [-0.2, 0) is 6.42 Å². The normalized spacial score (nSPS) is 10.4. The minimum absolute atomic E-state index is 0.0162. The number of aromatic hydroxyl groups is 2. The Morgan fingerprint density at radius 2 is 1.79 bits per heavy atom. The fourth-order valence-corrected chi connectivity index (χ4v) is 1.95. The van der Waals surface area contributed by atoms with Gasteiger partial charge >= 0.3 is 0 Å². The van der Waals surface area contributed by atoms with Gasteiger partial charge in [0.05, 0.1) is 4.92 Å². The maximum Gasteiger partial charge on any atom is 0.269 e. The van der Waals surface area contributed by atoms with Gasteiger partial charge in [-0.2, -0.15) is 0 Å². The van der Waals surface area contributed by atoms with Crippen LogP contribution < -0.4 is 0 Å². The largest absolute Gasteiger partial charge is 0.508 e. The Bertz CT molecular complexity index is 597. The summed E-state index contributed by atoms with van der Waals surface area (Å²) >= 11 is 0. The third-order valence-electron chi connectivity index (χ3n) is 2.96. The van der Waals surface area contributed by atoms with Crippen LogP contribution in [0.4, 0.5) is 5.69 Å². The summed E-state index contributed by atoms with van der Waals surface area (Å²) in [6.07, 6.45) is 0.454. The Balaban J connectivity index is 2.29. The fourth-order valence-electron chi connectivity index (χ4n) is 1.95. The van der Waals surface area contributed by atoms with Crippen LogP contribution in [0.25, 0.3) is 0 Å². The second-order valence-electron chi connectivity index (χ2n) is 4.36. The molecule has 0 amide bonds. The average Bonchev–Trinajstić information content (AvgIpc) is 2.34. The lowest BCUT2D eigenvalue weighted by Gasteiger charge is -2.09. The van der Waals surface area contributed by atoms with E-state index in [1.54, 1.807) is 25.1 Å². The maximum absolute atomic E-state index is 10.6. The third kappa shape index (κ3) is 2.82. The monoisotopic (exact) mass is 259 g/mol. The number of benzene rings is 2. The molecular weight excluding hydrogens is 246 g/mol. The van der Waals surface area contributed by atoms with Crippen LogP contribution in [0.1, 0.15) is 16.7 Å². The van der Waals surface area contributed by atoms with E-state index in [4.69, 9.17) is 0 Å². The lowest BCUT2D eigenvalue weighted by Crippen LogP contribution is -1.94. The molecule has 5 heteroatoms. The summed E-state index contributed by atoms with van der Waals surface area (Å²) in [7, 11) is 0. The first kappa shape index (κ1) is 12.9. The molecule has 0 radical (unpaired) electrons. The van der Waals surface area contributed by atoms with Gasteiger partial charge in [-0.25, -0.2) is 0 Å². The molecule has 0 saturated heterocycles. The van der Waals surface area contributed by atoms with Gasteiger partial charge in [0.25, 0.3) is 5.69 Å². The van der Waals surface area contributed by atoms with Crippen molar-refractivity contribution in [2.45, 2.75) is 13.3 Å². The molecule has 19 heavy (non-hydrogen) atoms. The molecule has 98 valence electrons. The quantitative estimate of drug-likeness (QED) is 0.655. The molecule has 0 fully saturated rings. The topological polar surface area (TPSA) is 83.6 Å². The molecule has 2 N–H and O–H groups in total. The van der Waals surface area contributed by atoms with Crippen LogP contribution in [0.5, 0.6) is 11.5 Å². The van der Waals surface area contributed by atoms with Crippen molar-refractivity contribution in [2.75, 3.05) is 0 Å². The van der Waals surface area contributed by atoms with Gasteiger partial charge in [-0.05, 0) is 24.1 Å². The highest BCUT2D eigenvalue weighted by Crippen LogP contribution is 2.29. The zero-order chi connectivity index (χ0) is 14.0. The van der Waals surface area contributed by atoms with E-state index < -0.39 is 4.92 Å². The molecule has 0 unspecified atom stereocenters. The number of hydrogen-bond acceptors (Lipinski definition) is 4. The predicted molar refractivity (Wildman–Crippen MR) is 70.4 cm³/mol. The van der Waals surface area contributed by atoms with Gasteiger partial charge in [-0.1, -0.05) is 12.1 Å². The van der Waals surface area contributed by atoms with E-state index in [0.29, 0.717) is 12.0 Å². The van der Waals surface area contributed by atoms with Gasteiger partial charge in [0.15, 0.2) is 0 Å². The van der Waals surface area contributed by atoms with Crippen molar-refractivity contribution in [1.29, 1.82) is 0 Å². The first-order chi connectivity index (χ1) is 8.97. The van der Waals surface area contributed by atoms with Crippen molar-refractivity contribution < 1.29 is 15.1 Å². The number of phenolic OH excluding ortho intramolecular Hbond substituents is 2. The summed E-state index contributed by atoms with van der Waals surface area (Å²) in [4.78, 5) is 10.1. The number of rotatable bonds is 3. The van der Waals surface area contributed by atoms with Crippen molar-refractivity contribution >= 4 is 5.69 Å². The first-order valence-corrected chi connectivity index (χ1v) is 5.72. The summed E-state index contributed by atoms with van der Waals surface area (Å²) in [6, 6.07) is 9.03. The van der Waals surface area contributed by atoms with Crippen molar-refractivity contribution in [2.24, 2.45) is 0 Å². The number of nitro groups is 1. The summed E-state index contributed by atoms with van der Waals surface area (Å²) in [6.45, 7) is 1.79. The Morgan fingerprint density at radius 3 is 2.32 bits per heavy atom. The van der Waals surface area contributed by atoms with Crippen LogP contribution in [0.15, 0.2) is 36.4 Å². The minimum atomic E-state index is -0.451. The SMILES string of the molecule is Cc1cc(O)cc(O)c1Cc1ccc([N+](=O)[O-])cc1. The number of non-ortho nitro benzene ring substituents is 1. The van der Waals surface area contributed by atoms with Crippen LogP contribution in [-0.4, -0.2) is 15.1 Å². The van der Waals surface area contributed by atoms with Crippen molar-refractivity contribution in [1.82, 2.24) is 0 Å². The molecule has 0 aliphatic carbocycles. The molecule has 0 bridgehead atoms. The van der Waals surface area contributed by atoms with E-state index in [9.17, 15) is 20.3 Å². The Labute approximate surface area is 109 Å². The maximum atomic E-state index is 10.6. The van der Waals surface area contributed by atoms with E-state index in [1.165, 1.54) is 18.2 Å². The van der Waals surface area contributed by atoms with Gasteiger partial charge in [-0.3, -0.25) is 10.1 Å². The molecule has 5 nitrogen and oxygen atoms in total.